The first-order valence-electron chi connectivity index (χ1n) is 13.3. The minimum absolute atomic E-state index is 0.0466. The van der Waals surface area contributed by atoms with Crippen molar-refractivity contribution in [2.45, 2.75) is 45.6 Å². The molecule has 3 aromatic carbocycles. The van der Waals surface area contributed by atoms with Gasteiger partial charge < -0.3 is 19.5 Å². The summed E-state index contributed by atoms with van der Waals surface area (Å²) in [6.07, 6.45) is 2.75. The monoisotopic (exact) mass is 514 g/mol. The molecule has 1 atom stereocenters. The van der Waals surface area contributed by atoms with Crippen molar-refractivity contribution in [3.63, 3.8) is 0 Å². The van der Waals surface area contributed by atoms with E-state index < -0.39 is 0 Å². The lowest BCUT2D eigenvalue weighted by Crippen LogP contribution is -2.44. The van der Waals surface area contributed by atoms with E-state index in [1.165, 1.54) is 0 Å². The molecule has 0 radical (unpaired) electrons. The normalized spacial score (nSPS) is 13.3. The standard InChI is InChI=1S/C32H38N2O4/c1-22(2)15-17-38-26-12-10-24(11-13-26)19-31(35)34-28(18-23-8-6-5-7-9-23)32-27-21-30(37-4)29(36-3)20-25(27)14-16-33-32/h5-13,20-22,28H,14-19H2,1-4H3,(H,34,35)/t28-/m0/s1. The largest absolute Gasteiger partial charge is 0.494 e. The molecule has 1 amide bonds. The van der Waals surface area contributed by atoms with E-state index in [4.69, 9.17) is 19.2 Å². The zero-order valence-electron chi connectivity index (χ0n) is 22.8. The molecule has 1 aliphatic rings. The topological polar surface area (TPSA) is 69.2 Å². The van der Waals surface area contributed by atoms with Gasteiger partial charge in [-0.2, -0.15) is 0 Å². The van der Waals surface area contributed by atoms with Gasteiger partial charge >= 0.3 is 0 Å². The Morgan fingerprint density at radius 1 is 0.947 bits per heavy atom. The van der Waals surface area contributed by atoms with Crippen molar-refractivity contribution in [1.82, 2.24) is 5.32 Å². The summed E-state index contributed by atoms with van der Waals surface area (Å²) in [6.45, 7) is 5.72. The van der Waals surface area contributed by atoms with E-state index in [0.29, 0.717) is 37.0 Å². The molecular formula is C32H38N2O4. The highest BCUT2D eigenvalue weighted by molar-refractivity contribution is 6.08. The lowest BCUT2D eigenvalue weighted by atomic mass is 9.90. The van der Waals surface area contributed by atoms with Crippen LogP contribution in [0.2, 0.25) is 0 Å². The molecule has 0 fully saturated rings. The van der Waals surface area contributed by atoms with Crippen LogP contribution in [-0.4, -0.2) is 45.0 Å². The number of aliphatic imine (C=N–C) groups is 1. The molecule has 0 spiro atoms. The minimum atomic E-state index is -0.277. The smallest absolute Gasteiger partial charge is 0.224 e. The summed E-state index contributed by atoms with van der Waals surface area (Å²) in [5, 5.41) is 3.28. The van der Waals surface area contributed by atoms with Gasteiger partial charge in [-0.05, 0) is 66.1 Å². The van der Waals surface area contributed by atoms with Crippen LogP contribution >= 0.6 is 0 Å². The van der Waals surface area contributed by atoms with Crippen LogP contribution in [0.4, 0.5) is 0 Å². The van der Waals surface area contributed by atoms with Gasteiger partial charge in [-0.25, -0.2) is 0 Å². The Labute approximate surface area is 226 Å². The molecule has 6 nitrogen and oxygen atoms in total. The molecule has 3 aromatic rings. The van der Waals surface area contributed by atoms with Crippen molar-refractivity contribution in [1.29, 1.82) is 0 Å². The number of methoxy groups -OCH3 is 2. The summed E-state index contributed by atoms with van der Waals surface area (Å²) in [5.41, 5.74) is 5.09. The van der Waals surface area contributed by atoms with Gasteiger partial charge in [0.25, 0.3) is 0 Å². The van der Waals surface area contributed by atoms with Crippen LogP contribution in [-0.2, 0) is 24.1 Å². The van der Waals surface area contributed by atoms with Gasteiger partial charge in [0.2, 0.25) is 5.91 Å². The van der Waals surface area contributed by atoms with Crippen LogP contribution in [0.15, 0.2) is 71.7 Å². The lowest BCUT2D eigenvalue weighted by Gasteiger charge is -2.27. The second-order valence-electron chi connectivity index (χ2n) is 10.0. The third kappa shape index (κ3) is 7.15. The van der Waals surface area contributed by atoms with Gasteiger partial charge in [0, 0.05) is 12.1 Å². The Balaban J connectivity index is 1.52. The first-order valence-corrected chi connectivity index (χ1v) is 13.3. The van der Waals surface area contributed by atoms with Crippen molar-refractivity contribution in [3.05, 3.63) is 89.0 Å². The number of amides is 1. The highest BCUT2D eigenvalue weighted by Crippen LogP contribution is 2.33. The van der Waals surface area contributed by atoms with E-state index in [0.717, 1.165) is 46.6 Å². The minimum Gasteiger partial charge on any atom is -0.494 e. The number of fused-ring (bicyclic) bond motifs is 1. The quantitative estimate of drug-likeness (QED) is 0.349. The molecule has 0 aromatic heterocycles. The van der Waals surface area contributed by atoms with Gasteiger partial charge in [0.15, 0.2) is 11.5 Å². The molecule has 1 N–H and O–H groups in total. The maximum Gasteiger partial charge on any atom is 0.224 e. The summed E-state index contributed by atoms with van der Waals surface area (Å²) in [6, 6.07) is 21.7. The predicted octanol–water partition coefficient (Wildman–Crippen LogP) is 5.44. The van der Waals surface area contributed by atoms with Crippen molar-refractivity contribution < 1.29 is 19.0 Å². The summed E-state index contributed by atoms with van der Waals surface area (Å²) >= 11 is 0. The molecule has 0 bridgehead atoms. The SMILES string of the molecule is COc1cc2c(cc1OC)C([C@H](Cc1ccccc1)NC(=O)Cc1ccc(OCCC(C)C)cc1)=NCC2. The van der Waals surface area contributed by atoms with Gasteiger partial charge in [-0.15, -0.1) is 0 Å². The van der Waals surface area contributed by atoms with E-state index in [1.54, 1.807) is 14.2 Å². The number of nitrogens with one attached hydrogen (secondary N) is 1. The molecular weight excluding hydrogens is 476 g/mol. The fourth-order valence-electron chi connectivity index (χ4n) is 4.66. The van der Waals surface area contributed by atoms with Crippen molar-refractivity contribution in [3.8, 4) is 17.2 Å². The van der Waals surface area contributed by atoms with Crippen molar-refractivity contribution in [2.75, 3.05) is 27.4 Å². The van der Waals surface area contributed by atoms with E-state index in [-0.39, 0.29) is 18.4 Å². The molecule has 0 saturated carbocycles. The van der Waals surface area contributed by atoms with Crippen LogP contribution < -0.4 is 19.5 Å². The van der Waals surface area contributed by atoms with Crippen LogP contribution in [0, 0.1) is 5.92 Å². The molecule has 1 heterocycles. The molecule has 1 aliphatic heterocycles. The average molecular weight is 515 g/mol. The number of rotatable bonds is 12. The first-order chi connectivity index (χ1) is 18.5. The number of ether oxygens (including phenoxy) is 3. The van der Waals surface area contributed by atoms with Crippen LogP contribution in [0.5, 0.6) is 17.2 Å². The number of carbonyl (C=O) groups excluding carboxylic acids is 1. The first kappa shape index (κ1) is 27.2. The molecule has 38 heavy (non-hydrogen) atoms. The number of carbonyl (C=O) groups is 1. The van der Waals surface area contributed by atoms with E-state index >= 15 is 0 Å². The Morgan fingerprint density at radius 2 is 1.66 bits per heavy atom. The van der Waals surface area contributed by atoms with Crippen molar-refractivity contribution >= 4 is 11.6 Å². The molecule has 6 heteroatoms. The fraction of sp³-hybridized carbons (Fsp3) is 0.375. The van der Waals surface area contributed by atoms with Crippen LogP contribution in [0.25, 0.3) is 0 Å². The Hall–Kier alpha value is -3.80. The average Bonchev–Trinajstić information content (AvgIpc) is 2.93. The lowest BCUT2D eigenvalue weighted by molar-refractivity contribution is -0.120. The summed E-state index contributed by atoms with van der Waals surface area (Å²) in [5.74, 6) is 2.74. The Bertz CT molecular complexity index is 1240. The molecule has 4 rings (SSSR count). The fourth-order valence-corrected chi connectivity index (χ4v) is 4.66. The van der Waals surface area contributed by atoms with Gasteiger partial charge in [-0.1, -0.05) is 56.3 Å². The number of benzene rings is 3. The Kier molecular flexibility index (Phi) is 9.41. The van der Waals surface area contributed by atoms with Crippen molar-refractivity contribution in [2.24, 2.45) is 10.9 Å². The molecule has 200 valence electrons. The summed E-state index contributed by atoms with van der Waals surface area (Å²) in [7, 11) is 3.28. The number of hydrogen-bond donors (Lipinski definition) is 1. The summed E-state index contributed by atoms with van der Waals surface area (Å²) < 4.78 is 16.9. The zero-order chi connectivity index (χ0) is 26.9. The molecule has 0 unspecified atom stereocenters. The second kappa shape index (κ2) is 13.1. The highest BCUT2D eigenvalue weighted by Gasteiger charge is 2.26. The number of hydrogen-bond acceptors (Lipinski definition) is 5. The highest BCUT2D eigenvalue weighted by atomic mass is 16.5. The predicted molar refractivity (Wildman–Crippen MR) is 152 cm³/mol. The van der Waals surface area contributed by atoms with Crippen LogP contribution in [0.1, 0.15) is 42.5 Å². The van der Waals surface area contributed by atoms with Gasteiger partial charge in [-0.3, -0.25) is 9.79 Å². The maximum atomic E-state index is 13.3. The van der Waals surface area contributed by atoms with E-state index in [1.807, 2.05) is 54.6 Å². The third-order valence-electron chi connectivity index (χ3n) is 6.75. The Morgan fingerprint density at radius 3 is 2.34 bits per heavy atom. The van der Waals surface area contributed by atoms with E-state index in [2.05, 4.69) is 31.3 Å². The van der Waals surface area contributed by atoms with Gasteiger partial charge in [0.05, 0.1) is 39.0 Å². The summed E-state index contributed by atoms with van der Waals surface area (Å²) in [4.78, 5) is 18.2. The van der Waals surface area contributed by atoms with E-state index in [9.17, 15) is 4.79 Å². The molecule has 0 aliphatic carbocycles. The zero-order valence-corrected chi connectivity index (χ0v) is 22.8. The number of nitrogens with zero attached hydrogens (tertiary/aromatic N) is 1. The van der Waals surface area contributed by atoms with Crippen LogP contribution in [0.3, 0.4) is 0 Å². The molecule has 0 saturated heterocycles. The maximum absolute atomic E-state index is 13.3. The van der Waals surface area contributed by atoms with Gasteiger partial charge in [0.1, 0.15) is 5.75 Å². The second-order valence-corrected chi connectivity index (χ2v) is 10.0. The third-order valence-corrected chi connectivity index (χ3v) is 6.75.